The van der Waals surface area contributed by atoms with E-state index in [1.807, 2.05) is 0 Å². The van der Waals surface area contributed by atoms with Crippen LogP contribution >= 0.6 is 0 Å². The van der Waals surface area contributed by atoms with Crippen LogP contribution in [0.5, 0.6) is 0 Å². The molecule has 2 fully saturated rings. The average Bonchev–Trinajstić information content (AvgIpc) is 3.07. The van der Waals surface area contributed by atoms with Gasteiger partial charge in [0.05, 0.1) is 0 Å². The van der Waals surface area contributed by atoms with E-state index in [1.165, 1.54) is 51.4 Å². The molecular formula is C22H32N2O2. The third kappa shape index (κ3) is 5.58. The zero-order valence-corrected chi connectivity index (χ0v) is 15.8. The Morgan fingerprint density at radius 2 is 0.885 bits per heavy atom. The fraction of sp³-hybridized carbons (Fsp3) is 0.636. The van der Waals surface area contributed by atoms with Gasteiger partial charge in [0, 0.05) is 23.2 Å². The van der Waals surface area contributed by atoms with Gasteiger partial charge in [0.25, 0.3) is 11.8 Å². The highest BCUT2D eigenvalue weighted by Gasteiger charge is 2.18. The van der Waals surface area contributed by atoms with E-state index in [4.69, 9.17) is 0 Å². The molecule has 2 amide bonds. The highest BCUT2D eigenvalue weighted by atomic mass is 16.2. The van der Waals surface area contributed by atoms with Crippen LogP contribution < -0.4 is 10.6 Å². The maximum absolute atomic E-state index is 12.4. The van der Waals surface area contributed by atoms with E-state index in [-0.39, 0.29) is 11.8 Å². The topological polar surface area (TPSA) is 58.2 Å². The van der Waals surface area contributed by atoms with Crippen molar-refractivity contribution < 1.29 is 9.59 Å². The molecule has 0 aromatic heterocycles. The van der Waals surface area contributed by atoms with Crippen molar-refractivity contribution in [2.24, 2.45) is 0 Å². The molecule has 1 aromatic carbocycles. The molecule has 1 aromatic rings. The van der Waals surface area contributed by atoms with Crippen molar-refractivity contribution in [1.82, 2.24) is 10.6 Å². The van der Waals surface area contributed by atoms with Crippen molar-refractivity contribution in [1.29, 1.82) is 0 Å². The van der Waals surface area contributed by atoms with Gasteiger partial charge in [0.2, 0.25) is 0 Å². The van der Waals surface area contributed by atoms with Gasteiger partial charge in [-0.05, 0) is 49.9 Å². The van der Waals surface area contributed by atoms with Crippen molar-refractivity contribution in [3.63, 3.8) is 0 Å². The van der Waals surface area contributed by atoms with Gasteiger partial charge in [0.1, 0.15) is 0 Å². The lowest BCUT2D eigenvalue weighted by Crippen LogP contribution is -2.35. The minimum atomic E-state index is -0.0207. The molecule has 0 aliphatic heterocycles. The van der Waals surface area contributed by atoms with Crippen LogP contribution in [-0.2, 0) is 0 Å². The third-order valence-corrected chi connectivity index (χ3v) is 5.79. The van der Waals surface area contributed by atoms with Gasteiger partial charge < -0.3 is 10.6 Å². The lowest BCUT2D eigenvalue weighted by atomic mass is 10.1. The maximum Gasteiger partial charge on any atom is 0.251 e. The number of amides is 2. The smallest absolute Gasteiger partial charge is 0.251 e. The van der Waals surface area contributed by atoms with Gasteiger partial charge in [-0.3, -0.25) is 9.59 Å². The van der Waals surface area contributed by atoms with Crippen molar-refractivity contribution in [3.05, 3.63) is 35.4 Å². The minimum Gasteiger partial charge on any atom is -0.349 e. The Bertz CT molecular complexity index is 528. The SMILES string of the molecule is O=C(NC1CCCCCC1)c1ccc(C(=O)NC2CCCCCC2)cc1. The van der Waals surface area contributed by atoms with E-state index in [2.05, 4.69) is 10.6 Å². The largest absolute Gasteiger partial charge is 0.349 e. The first-order valence-electron chi connectivity index (χ1n) is 10.4. The monoisotopic (exact) mass is 356 g/mol. The zero-order valence-electron chi connectivity index (χ0n) is 15.8. The van der Waals surface area contributed by atoms with Gasteiger partial charge in [0.15, 0.2) is 0 Å². The molecule has 2 aliphatic carbocycles. The molecule has 142 valence electrons. The molecule has 3 rings (SSSR count). The summed E-state index contributed by atoms with van der Waals surface area (Å²) >= 11 is 0. The van der Waals surface area contributed by atoms with Crippen molar-refractivity contribution in [3.8, 4) is 0 Å². The van der Waals surface area contributed by atoms with Gasteiger partial charge >= 0.3 is 0 Å². The van der Waals surface area contributed by atoms with Gasteiger partial charge in [-0.2, -0.15) is 0 Å². The van der Waals surface area contributed by atoms with Crippen LogP contribution in [0.25, 0.3) is 0 Å². The summed E-state index contributed by atoms with van der Waals surface area (Å²) in [5.41, 5.74) is 1.28. The Morgan fingerprint density at radius 3 is 1.19 bits per heavy atom. The van der Waals surface area contributed by atoms with Crippen molar-refractivity contribution in [2.45, 2.75) is 89.1 Å². The molecule has 2 saturated carbocycles. The number of benzene rings is 1. The summed E-state index contributed by atoms with van der Waals surface area (Å²) in [6.45, 7) is 0. The van der Waals surface area contributed by atoms with E-state index >= 15 is 0 Å². The molecule has 0 spiro atoms. The molecule has 2 N–H and O–H groups in total. The zero-order chi connectivity index (χ0) is 18.2. The van der Waals surface area contributed by atoms with Crippen LogP contribution in [0.3, 0.4) is 0 Å². The number of carbonyl (C=O) groups excluding carboxylic acids is 2. The summed E-state index contributed by atoms with van der Waals surface area (Å²) in [6, 6.07) is 7.68. The lowest BCUT2D eigenvalue weighted by Gasteiger charge is -2.17. The van der Waals surface area contributed by atoms with Crippen molar-refractivity contribution in [2.75, 3.05) is 0 Å². The highest BCUT2D eigenvalue weighted by Crippen LogP contribution is 2.19. The normalized spacial score (nSPS) is 20.0. The molecule has 0 atom stereocenters. The summed E-state index contributed by atoms with van der Waals surface area (Å²) in [5.74, 6) is -0.0414. The van der Waals surface area contributed by atoms with E-state index in [0.29, 0.717) is 23.2 Å². The van der Waals surface area contributed by atoms with Crippen LogP contribution in [0, 0.1) is 0 Å². The predicted molar refractivity (Wildman–Crippen MR) is 104 cm³/mol. The van der Waals surface area contributed by atoms with Gasteiger partial charge in [-0.25, -0.2) is 0 Å². The molecule has 0 heterocycles. The molecule has 2 aliphatic rings. The number of nitrogens with one attached hydrogen (secondary N) is 2. The molecule has 0 unspecified atom stereocenters. The fourth-order valence-electron chi connectivity index (χ4n) is 4.16. The minimum absolute atomic E-state index is 0.0207. The Labute approximate surface area is 157 Å². The molecular weight excluding hydrogens is 324 g/mol. The number of hydrogen-bond acceptors (Lipinski definition) is 2. The summed E-state index contributed by atoms with van der Waals surface area (Å²) in [6.07, 6.45) is 14.2. The lowest BCUT2D eigenvalue weighted by molar-refractivity contribution is 0.0921. The van der Waals surface area contributed by atoms with Crippen LogP contribution in [0.15, 0.2) is 24.3 Å². The Kier molecular flexibility index (Phi) is 7.10. The molecule has 4 heteroatoms. The Hall–Kier alpha value is -1.84. The van der Waals surface area contributed by atoms with Crippen LogP contribution in [0.4, 0.5) is 0 Å². The van der Waals surface area contributed by atoms with Gasteiger partial charge in [-0.15, -0.1) is 0 Å². The second-order valence-corrected chi connectivity index (χ2v) is 7.90. The average molecular weight is 357 g/mol. The number of hydrogen-bond donors (Lipinski definition) is 2. The summed E-state index contributed by atoms with van der Waals surface area (Å²) < 4.78 is 0. The van der Waals surface area contributed by atoms with E-state index < -0.39 is 0 Å². The number of carbonyl (C=O) groups is 2. The fourth-order valence-corrected chi connectivity index (χ4v) is 4.16. The van der Waals surface area contributed by atoms with Gasteiger partial charge in [-0.1, -0.05) is 51.4 Å². The van der Waals surface area contributed by atoms with Crippen LogP contribution in [0.1, 0.15) is 97.8 Å². The quantitative estimate of drug-likeness (QED) is 0.775. The summed E-state index contributed by atoms with van der Waals surface area (Å²) in [7, 11) is 0. The summed E-state index contributed by atoms with van der Waals surface area (Å²) in [5, 5.41) is 6.31. The molecule has 4 nitrogen and oxygen atoms in total. The Morgan fingerprint density at radius 1 is 0.577 bits per heavy atom. The second-order valence-electron chi connectivity index (χ2n) is 7.90. The molecule has 0 saturated heterocycles. The van der Waals surface area contributed by atoms with E-state index in [9.17, 15) is 9.59 Å². The van der Waals surface area contributed by atoms with E-state index in [0.717, 1.165) is 25.7 Å². The Balaban J connectivity index is 1.53. The van der Waals surface area contributed by atoms with Crippen LogP contribution in [0.2, 0.25) is 0 Å². The molecule has 26 heavy (non-hydrogen) atoms. The first-order chi connectivity index (χ1) is 12.7. The molecule has 0 bridgehead atoms. The first-order valence-corrected chi connectivity index (χ1v) is 10.4. The molecule has 0 radical (unpaired) electrons. The summed E-state index contributed by atoms with van der Waals surface area (Å²) in [4.78, 5) is 24.9. The third-order valence-electron chi connectivity index (χ3n) is 5.79. The van der Waals surface area contributed by atoms with Crippen LogP contribution in [-0.4, -0.2) is 23.9 Å². The standard InChI is InChI=1S/C22H32N2O2/c25-21(23-19-9-5-1-2-6-10-19)17-13-15-18(16-14-17)22(26)24-20-11-7-3-4-8-12-20/h13-16,19-20H,1-12H2,(H,23,25)(H,24,26). The maximum atomic E-state index is 12.4. The second kappa shape index (κ2) is 9.75. The van der Waals surface area contributed by atoms with E-state index in [1.54, 1.807) is 24.3 Å². The predicted octanol–water partition coefficient (Wildman–Crippen LogP) is 4.59. The highest BCUT2D eigenvalue weighted by molar-refractivity contribution is 5.98. The first kappa shape index (κ1) is 18.9. The number of rotatable bonds is 4. The van der Waals surface area contributed by atoms with Crippen molar-refractivity contribution >= 4 is 11.8 Å².